The predicted octanol–water partition coefficient (Wildman–Crippen LogP) is 2.65. The molecule has 0 aromatic carbocycles. The Morgan fingerprint density at radius 1 is 1.27 bits per heavy atom. The normalized spacial score (nSPS) is 10.3. The Morgan fingerprint density at radius 3 is 2.73 bits per heavy atom. The molecule has 1 aromatic heterocycles. The molecule has 15 heavy (non-hydrogen) atoms. The maximum atomic E-state index is 4.41. The maximum absolute atomic E-state index is 4.41. The minimum absolute atomic E-state index is 0.891. The topological polar surface area (TPSA) is 37.8 Å². The molecular weight excluding hydrogens is 206 g/mol. The van der Waals surface area contributed by atoms with Crippen molar-refractivity contribution in [2.75, 3.05) is 23.9 Å². The van der Waals surface area contributed by atoms with Gasteiger partial charge in [-0.3, -0.25) is 4.98 Å². The molecule has 0 aliphatic carbocycles. The molecule has 0 unspecified atom stereocenters. The van der Waals surface area contributed by atoms with Gasteiger partial charge in [0.2, 0.25) is 0 Å². The molecular formula is C11H19N3S. The summed E-state index contributed by atoms with van der Waals surface area (Å²) in [5, 5.41) is 3.29. The fourth-order valence-corrected chi connectivity index (χ4v) is 1.71. The zero-order chi connectivity index (χ0) is 11.1. The summed E-state index contributed by atoms with van der Waals surface area (Å²) in [7, 11) is 0. The molecule has 3 nitrogen and oxygen atoms in total. The number of nitrogens with one attached hydrogen (secondary N) is 1. The summed E-state index contributed by atoms with van der Waals surface area (Å²) < 4.78 is 0. The van der Waals surface area contributed by atoms with Crippen molar-refractivity contribution >= 4 is 17.6 Å². The number of hydrogen-bond donors (Lipinski definition) is 1. The molecule has 1 rings (SSSR count). The van der Waals surface area contributed by atoms with E-state index in [9.17, 15) is 0 Å². The highest BCUT2D eigenvalue weighted by Gasteiger charge is 1.98. The van der Waals surface area contributed by atoms with Gasteiger partial charge in [0.05, 0.1) is 17.6 Å². The SMILES string of the molecule is CSCCCCNc1cnc(C)c(C)n1. The molecule has 1 aromatic rings. The first-order chi connectivity index (χ1) is 7.24. The van der Waals surface area contributed by atoms with Gasteiger partial charge in [0.15, 0.2) is 0 Å². The lowest BCUT2D eigenvalue weighted by molar-refractivity contribution is 0.837. The number of aryl methyl sites for hydroxylation is 2. The molecule has 0 fully saturated rings. The number of nitrogens with zero attached hydrogens (tertiary/aromatic N) is 2. The standard InChI is InChI=1S/C11H19N3S/c1-9-10(2)14-11(8-13-9)12-6-4-5-7-15-3/h8H,4-7H2,1-3H3,(H,12,14). The lowest BCUT2D eigenvalue weighted by atomic mass is 10.3. The van der Waals surface area contributed by atoms with Gasteiger partial charge in [0.1, 0.15) is 5.82 Å². The van der Waals surface area contributed by atoms with Crippen LogP contribution < -0.4 is 5.32 Å². The van der Waals surface area contributed by atoms with E-state index in [2.05, 4.69) is 21.5 Å². The van der Waals surface area contributed by atoms with Crippen molar-refractivity contribution in [3.8, 4) is 0 Å². The summed E-state index contributed by atoms with van der Waals surface area (Å²) in [6.07, 6.45) is 6.39. The van der Waals surface area contributed by atoms with E-state index in [1.807, 2.05) is 25.6 Å². The lowest BCUT2D eigenvalue weighted by Crippen LogP contribution is -2.05. The van der Waals surface area contributed by atoms with Gasteiger partial charge in [-0.25, -0.2) is 4.98 Å². The molecule has 0 saturated carbocycles. The molecule has 0 spiro atoms. The largest absolute Gasteiger partial charge is 0.369 e. The van der Waals surface area contributed by atoms with Crippen LogP contribution in [0.25, 0.3) is 0 Å². The van der Waals surface area contributed by atoms with Crippen LogP contribution in [-0.2, 0) is 0 Å². The summed E-state index contributed by atoms with van der Waals surface area (Å²) in [6.45, 7) is 4.95. The Kier molecular flexibility index (Phi) is 5.47. The Labute approximate surface area is 96.1 Å². The van der Waals surface area contributed by atoms with Crippen molar-refractivity contribution in [2.45, 2.75) is 26.7 Å². The highest BCUT2D eigenvalue weighted by atomic mass is 32.2. The van der Waals surface area contributed by atoms with Gasteiger partial charge >= 0.3 is 0 Å². The van der Waals surface area contributed by atoms with Crippen LogP contribution in [0.15, 0.2) is 6.20 Å². The van der Waals surface area contributed by atoms with Crippen LogP contribution in [0.3, 0.4) is 0 Å². The number of hydrogen-bond acceptors (Lipinski definition) is 4. The molecule has 0 radical (unpaired) electrons. The molecule has 0 amide bonds. The Bertz CT molecular complexity index is 302. The Morgan fingerprint density at radius 2 is 2.07 bits per heavy atom. The molecule has 0 aliphatic rings. The summed E-state index contributed by atoms with van der Waals surface area (Å²) in [5.41, 5.74) is 2.01. The van der Waals surface area contributed by atoms with Crippen LogP contribution in [0.5, 0.6) is 0 Å². The van der Waals surface area contributed by atoms with Crippen molar-refractivity contribution < 1.29 is 0 Å². The zero-order valence-electron chi connectivity index (χ0n) is 9.71. The molecule has 0 atom stereocenters. The minimum atomic E-state index is 0.891. The molecule has 0 saturated heterocycles. The van der Waals surface area contributed by atoms with Crippen LogP contribution in [0.1, 0.15) is 24.2 Å². The van der Waals surface area contributed by atoms with E-state index in [1.54, 1.807) is 6.20 Å². The molecule has 0 bridgehead atoms. The third-order valence-electron chi connectivity index (χ3n) is 2.27. The van der Waals surface area contributed by atoms with Crippen LogP contribution in [0.4, 0.5) is 5.82 Å². The quantitative estimate of drug-likeness (QED) is 0.755. The average molecular weight is 225 g/mol. The fraction of sp³-hybridized carbons (Fsp3) is 0.636. The number of thioether (sulfide) groups is 1. The molecule has 1 N–H and O–H groups in total. The van der Waals surface area contributed by atoms with Crippen molar-refractivity contribution in [1.82, 2.24) is 9.97 Å². The minimum Gasteiger partial charge on any atom is -0.369 e. The first-order valence-corrected chi connectivity index (χ1v) is 6.66. The third kappa shape index (κ3) is 4.51. The van der Waals surface area contributed by atoms with E-state index >= 15 is 0 Å². The van der Waals surface area contributed by atoms with Gasteiger partial charge in [-0.2, -0.15) is 11.8 Å². The number of rotatable bonds is 6. The van der Waals surface area contributed by atoms with E-state index in [1.165, 1.54) is 18.6 Å². The van der Waals surface area contributed by atoms with Crippen molar-refractivity contribution in [3.05, 3.63) is 17.6 Å². The van der Waals surface area contributed by atoms with Crippen molar-refractivity contribution in [3.63, 3.8) is 0 Å². The zero-order valence-corrected chi connectivity index (χ0v) is 10.5. The van der Waals surface area contributed by atoms with Crippen molar-refractivity contribution in [2.24, 2.45) is 0 Å². The highest BCUT2D eigenvalue weighted by molar-refractivity contribution is 7.98. The summed E-state index contributed by atoms with van der Waals surface area (Å²) in [4.78, 5) is 8.68. The third-order valence-corrected chi connectivity index (χ3v) is 2.97. The van der Waals surface area contributed by atoms with Gasteiger partial charge in [0.25, 0.3) is 0 Å². The second kappa shape index (κ2) is 6.67. The van der Waals surface area contributed by atoms with E-state index in [0.29, 0.717) is 0 Å². The van der Waals surface area contributed by atoms with Gasteiger partial charge in [0, 0.05) is 6.54 Å². The Hall–Kier alpha value is -0.770. The van der Waals surface area contributed by atoms with Gasteiger partial charge in [-0.1, -0.05) is 0 Å². The van der Waals surface area contributed by atoms with Gasteiger partial charge in [-0.15, -0.1) is 0 Å². The summed E-state index contributed by atoms with van der Waals surface area (Å²) in [6, 6.07) is 0. The van der Waals surface area contributed by atoms with E-state index in [0.717, 1.165) is 23.8 Å². The van der Waals surface area contributed by atoms with Crippen LogP contribution in [-0.4, -0.2) is 28.5 Å². The van der Waals surface area contributed by atoms with Gasteiger partial charge < -0.3 is 5.32 Å². The average Bonchev–Trinajstić information content (AvgIpc) is 2.23. The molecule has 1 heterocycles. The smallest absolute Gasteiger partial charge is 0.144 e. The predicted molar refractivity (Wildman–Crippen MR) is 67.6 cm³/mol. The van der Waals surface area contributed by atoms with Crippen LogP contribution >= 0.6 is 11.8 Å². The van der Waals surface area contributed by atoms with Crippen LogP contribution in [0, 0.1) is 13.8 Å². The summed E-state index contributed by atoms with van der Waals surface area (Å²) >= 11 is 1.90. The summed E-state index contributed by atoms with van der Waals surface area (Å²) in [5.74, 6) is 2.13. The maximum Gasteiger partial charge on any atom is 0.144 e. The lowest BCUT2D eigenvalue weighted by Gasteiger charge is -2.06. The molecule has 0 aliphatic heterocycles. The number of unbranched alkanes of at least 4 members (excludes halogenated alkanes) is 1. The number of anilines is 1. The van der Waals surface area contributed by atoms with Crippen LogP contribution in [0.2, 0.25) is 0 Å². The van der Waals surface area contributed by atoms with Crippen molar-refractivity contribution in [1.29, 1.82) is 0 Å². The van der Waals surface area contributed by atoms with E-state index < -0.39 is 0 Å². The molecule has 4 heteroatoms. The second-order valence-corrected chi connectivity index (χ2v) is 4.54. The Balaban J connectivity index is 2.28. The van der Waals surface area contributed by atoms with Gasteiger partial charge in [-0.05, 0) is 38.7 Å². The van der Waals surface area contributed by atoms with E-state index in [-0.39, 0.29) is 0 Å². The highest BCUT2D eigenvalue weighted by Crippen LogP contribution is 2.06. The fourth-order valence-electron chi connectivity index (χ4n) is 1.21. The monoisotopic (exact) mass is 225 g/mol. The second-order valence-electron chi connectivity index (χ2n) is 3.55. The number of aromatic nitrogens is 2. The molecule has 84 valence electrons. The first kappa shape index (κ1) is 12.3. The van der Waals surface area contributed by atoms with E-state index in [4.69, 9.17) is 0 Å². The first-order valence-electron chi connectivity index (χ1n) is 5.27.